The van der Waals surface area contributed by atoms with E-state index in [9.17, 15) is 9.59 Å². The van der Waals surface area contributed by atoms with Crippen LogP contribution in [0.1, 0.15) is 26.2 Å². The van der Waals surface area contributed by atoms with Crippen LogP contribution in [0.2, 0.25) is 0 Å². The van der Waals surface area contributed by atoms with Crippen molar-refractivity contribution >= 4 is 17.6 Å². The summed E-state index contributed by atoms with van der Waals surface area (Å²) in [4.78, 5) is 20.6. The van der Waals surface area contributed by atoms with Gasteiger partial charge in [0, 0.05) is 5.69 Å². The summed E-state index contributed by atoms with van der Waals surface area (Å²) in [6.45, 7) is 2.21. The molecule has 0 radical (unpaired) electrons. The van der Waals surface area contributed by atoms with E-state index >= 15 is 0 Å². The lowest BCUT2D eigenvalue weighted by atomic mass is 10.1. The summed E-state index contributed by atoms with van der Waals surface area (Å²) >= 11 is 0. The van der Waals surface area contributed by atoms with Crippen molar-refractivity contribution in [1.29, 1.82) is 0 Å². The minimum absolute atomic E-state index is 0.520. The molecule has 124 valence electrons. The second-order valence-corrected chi connectivity index (χ2v) is 4.80. The standard InChI is InChI=1S/C9H11NO2.C6H14N2O2/c1-7(9(11)12)10-8-5-3-2-4-6-8;7-4-2-1-3-5(8)6(9)10/h2-7,10H,1H3,(H,11,12);5H,1-4,7-8H2,(H,9,10)/t7-;5-/m00/s1. The fraction of sp³-hybridized carbons (Fsp3) is 0.467. The monoisotopic (exact) mass is 311 g/mol. The van der Waals surface area contributed by atoms with E-state index in [4.69, 9.17) is 21.7 Å². The highest BCUT2D eigenvalue weighted by molar-refractivity contribution is 5.76. The Balaban J connectivity index is 0.000000409. The van der Waals surface area contributed by atoms with Crippen LogP contribution in [0.5, 0.6) is 0 Å². The Bertz CT molecular complexity index is 440. The Morgan fingerprint density at radius 3 is 2.18 bits per heavy atom. The first-order chi connectivity index (χ1) is 10.4. The molecule has 2 atom stereocenters. The second-order valence-electron chi connectivity index (χ2n) is 4.80. The van der Waals surface area contributed by atoms with Crippen molar-refractivity contribution in [2.75, 3.05) is 11.9 Å². The number of hydrogen-bond acceptors (Lipinski definition) is 5. The van der Waals surface area contributed by atoms with Crippen LogP contribution in [-0.2, 0) is 9.59 Å². The molecule has 7 heteroatoms. The van der Waals surface area contributed by atoms with E-state index in [2.05, 4.69) is 5.32 Å². The number of carboxylic acid groups (broad SMARTS) is 2. The first kappa shape index (κ1) is 19.9. The predicted octanol–water partition coefficient (Wildman–Crippen LogP) is 1.10. The molecule has 0 spiro atoms. The van der Waals surface area contributed by atoms with Gasteiger partial charge in [-0.25, -0.2) is 0 Å². The third-order valence-corrected chi connectivity index (χ3v) is 2.81. The number of anilines is 1. The molecular formula is C15H25N3O4. The van der Waals surface area contributed by atoms with Crippen LogP contribution in [0, 0.1) is 0 Å². The highest BCUT2D eigenvalue weighted by Crippen LogP contribution is 2.06. The molecule has 1 aromatic rings. The van der Waals surface area contributed by atoms with E-state index in [1.165, 1.54) is 0 Å². The number of para-hydroxylation sites is 1. The topological polar surface area (TPSA) is 139 Å². The number of hydrogen-bond donors (Lipinski definition) is 5. The lowest BCUT2D eigenvalue weighted by Crippen LogP contribution is -2.29. The van der Waals surface area contributed by atoms with Gasteiger partial charge in [-0.3, -0.25) is 9.59 Å². The zero-order valence-corrected chi connectivity index (χ0v) is 12.7. The Morgan fingerprint density at radius 1 is 1.14 bits per heavy atom. The minimum Gasteiger partial charge on any atom is -0.480 e. The van der Waals surface area contributed by atoms with Gasteiger partial charge in [-0.05, 0) is 38.4 Å². The van der Waals surface area contributed by atoms with E-state index < -0.39 is 24.0 Å². The van der Waals surface area contributed by atoms with Gasteiger partial charge in [0.2, 0.25) is 0 Å². The van der Waals surface area contributed by atoms with Gasteiger partial charge in [0.15, 0.2) is 0 Å². The van der Waals surface area contributed by atoms with Crippen molar-refractivity contribution in [3.63, 3.8) is 0 Å². The zero-order chi connectivity index (χ0) is 17.0. The second kappa shape index (κ2) is 11.5. The minimum atomic E-state index is -0.933. The van der Waals surface area contributed by atoms with Crippen LogP contribution < -0.4 is 16.8 Å². The average molecular weight is 311 g/mol. The molecule has 0 saturated carbocycles. The van der Waals surface area contributed by atoms with Gasteiger partial charge < -0.3 is 27.0 Å². The van der Waals surface area contributed by atoms with Crippen LogP contribution in [-0.4, -0.2) is 40.8 Å². The molecule has 0 aliphatic rings. The van der Waals surface area contributed by atoms with Gasteiger partial charge in [-0.1, -0.05) is 24.6 Å². The maximum Gasteiger partial charge on any atom is 0.325 e. The van der Waals surface area contributed by atoms with Crippen LogP contribution in [0.25, 0.3) is 0 Å². The lowest BCUT2D eigenvalue weighted by molar-refractivity contribution is -0.139. The number of carbonyl (C=O) groups is 2. The molecule has 0 bridgehead atoms. The first-order valence-electron chi connectivity index (χ1n) is 7.11. The van der Waals surface area contributed by atoms with Gasteiger partial charge in [0.1, 0.15) is 12.1 Å². The van der Waals surface area contributed by atoms with E-state index in [-0.39, 0.29) is 0 Å². The number of nitrogens with two attached hydrogens (primary N) is 2. The van der Waals surface area contributed by atoms with Crippen LogP contribution in [0.15, 0.2) is 30.3 Å². The van der Waals surface area contributed by atoms with Crippen LogP contribution in [0.3, 0.4) is 0 Å². The van der Waals surface area contributed by atoms with Crippen molar-refractivity contribution in [2.45, 2.75) is 38.3 Å². The average Bonchev–Trinajstić information content (AvgIpc) is 2.48. The van der Waals surface area contributed by atoms with Crippen molar-refractivity contribution in [3.05, 3.63) is 30.3 Å². The van der Waals surface area contributed by atoms with Crippen molar-refractivity contribution in [2.24, 2.45) is 11.5 Å². The highest BCUT2D eigenvalue weighted by Gasteiger charge is 2.09. The van der Waals surface area contributed by atoms with Gasteiger partial charge in [0.25, 0.3) is 0 Å². The molecule has 0 aliphatic heterocycles. The number of rotatable bonds is 8. The molecule has 7 N–H and O–H groups in total. The van der Waals surface area contributed by atoms with E-state index in [1.807, 2.05) is 30.3 Å². The van der Waals surface area contributed by atoms with E-state index in [0.717, 1.165) is 18.5 Å². The summed E-state index contributed by atoms with van der Waals surface area (Å²) in [5.74, 6) is -1.78. The molecule has 7 nitrogen and oxygen atoms in total. The summed E-state index contributed by atoms with van der Waals surface area (Å²) in [5.41, 5.74) is 11.2. The summed E-state index contributed by atoms with van der Waals surface area (Å²) in [5, 5.41) is 19.7. The summed E-state index contributed by atoms with van der Waals surface area (Å²) in [6, 6.07) is 8.00. The first-order valence-corrected chi connectivity index (χ1v) is 7.11. The van der Waals surface area contributed by atoms with E-state index in [0.29, 0.717) is 13.0 Å². The Hall–Kier alpha value is -2.12. The fourth-order valence-electron chi connectivity index (χ4n) is 1.48. The summed E-state index contributed by atoms with van der Waals surface area (Å²) in [7, 11) is 0. The molecule has 0 saturated heterocycles. The Morgan fingerprint density at radius 2 is 1.73 bits per heavy atom. The predicted molar refractivity (Wildman–Crippen MR) is 85.7 cm³/mol. The number of carboxylic acids is 2. The van der Waals surface area contributed by atoms with E-state index in [1.54, 1.807) is 6.92 Å². The molecule has 0 aromatic heterocycles. The Kier molecular flexibility index (Phi) is 10.4. The zero-order valence-electron chi connectivity index (χ0n) is 12.7. The molecule has 0 unspecified atom stereocenters. The smallest absolute Gasteiger partial charge is 0.325 e. The Labute approximate surface area is 130 Å². The normalized spacial score (nSPS) is 12.5. The fourth-order valence-corrected chi connectivity index (χ4v) is 1.48. The maximum absolute atomic E-state index is 10.4. The van der Waals surface area contributed by atoms with Crippen molar-refractivity contribution in [3.8, 4) is 0 Å². The van der Waals surface area contributed by atoms with Gasteiger partial charge in [-0.15, -0.1) is 0 Å². The summed E-state index contributed by atoms with van der Waals surface area (Å²) < 4.78 is 0. The molecule has 0 amide bonds. The third-order valence-electron chi connectivity index (χ3n) is 2.81. The summed E-state index contributed by atoms with van der Waals surface area (Å²) in [6.07, 6.45) is 2.16. The lowest BCUT2D eigenvalue weighted by Gasteiger charge is -2.09. The van der Waals surface area contributed by atoms with Gasteiger partial charge in [-0.2, -0.15) is 0 Å². The maximum atomic E-state index is 10.4. The molecule has 1 rings (SSSR count). The largest absolute Gasteiger partial charge is 0.480 e. The quantitative estimate of drug-likeness (QED) is 0.453. The van der Waals surface area contributed by atoms with Crippen LogP contribution in [0.4, 0.5) is 5.69 Å². The molecule has 0 heterocycles. The third kappa shape index (κ3) is 9.73. The van der Waals surface area contributed by atoms with Gasteiger partial charge >= 0.3 is 11.9 Å². The molecule has 22 heavy (non-hydrogen) atoms. The molecule has 0 fully saturated rings. The molecular weight excluding hydrogens is 286 g/mol. The number of unbranched alkanes of at least 4 members (excludes halogenated alkanes) is 1. The number of aliphatic carboxylic acids is 2. The number of benzene rings is 1. The van der Waals surface area contributed by atoms with Crippen LogP contribution >= 0.6 is 0 Å². The van der Waals surface area contributed by atoms with Crippen molar-refractivity contribution < 1.29 is 19.8 Å². The van der Waals surface area contributed by atoms with Crippen molar-refractivity contribution in [1.82, 2.24) is 0 Å². The SMILES string of the molecule is C[C@H](Nc1ccccc1)C(=O)O.NCCCC[C@H](N)C(=O)O. The molecule has 0 aliphatic carbocycles. The number of nitrogens with one attached hydrogen (secondary N) is 1. The molecule has 1 aromatic carbocycles. The van der Waals surface area contributed by atoms with Gasteiger partial charge in [0.05, 0.1) is 0 Å². The highest BCUT2D eigenvalue weighted by atomic mass is 16.4.